The molecule has 0 saturated carbocycles. The van der Waals surface area contributed by atoms with Crippen LogP contribution in [0.1, 0.15) is 18.2 Å². The van der Waals surface area contributed by atoms with Gasteiger partial charge in [0.15, 0.2) is 11.5 Å². The molecule has 2 aromatic rings. The van der Waals surface area contributed by atoms with Gasteiger partial charge in [-0.3, -0.25) is 4.68 Å². The van der Waals surface area contributed by atoms with Crippen molar-refractivity contribution in [3.63, 3.8) is 0 Å². The average molecular weight is 339 g/mol. The van der Waals surface area contributed by atoms with Crippen LogP contribution in [0.15, 0.2) is 29.3 Å². The Balaban J connectivity index is 2.20. The van der Waals surface area contributed by atoms with Crippen molar-refractivity contribution in [3.8, 4) is 11.5 Å². The minimum Gasteiger partial charge on any atom is -0.493 e. The summed E-state index contributed by atoms with van der Waals surface area (Å²) >= 11 is 0. The number of nitrogens with one attached hydrogen (secondary N) is 1. The molecule has 1 heterocycles. The Morgan fingerprint density at radius 2 is 1.91 bits per heavy atom. The molecule has 2 rings (SSSR count). The van der Waals surface area contributed by atoms with Gasteiger partial charge in [-0.1, -0.05) is 0 Å². The number of ether oxygens (including phenoxy) is 2. The number of aryl methyl sites for hydroxylation is 1. The molecule has 126 valence electrons. The summed E-state index contributed by atoms with van der Waals surface area (Å²) in [6.45, 7) is 4.82. The molecule has 0 saturated heterocycles. The van der Waals surface area contributed by atoms with Gasteiger partial charge in [-0.15, -0.1) is 0 Å². The second-order valence-corrected chi connectivity index (χ2v) is 6.68. The average Bonchev–Trinajstić information content (AvgIpc) is 2.92. The smallest absolute Gasteiger partial charge is 0.241 e. The van der Waals surface area contributed by atoms with E-state index in [0.29, 0.717) is 11.5 Å². The lowest BCUT2D eigenvalue weighted by molar-refractivity contribution is 0.354. The van der Waals surface area contributed by atoms with Crippen molar-refractivity contribution in [1.29, 1.82) is 0 Å². The lowest BCUT2D eigenvalue weighted by atomic mass is 10.3. The molecular formula is C15H21N3O4S. The third-order valence-electron chi connectivity index (χ3n) is 3.62. The monoisotopic (exact) mass is 339 g/mol. The largest absolute Gasteiger partial charge is 0.493 e. The zero-order chi connectivity index (χ0) is 17.0. The highest BCUT2D eigenvalue weighted by Gasteiger charge is 2.18. The maximum atomic E-state index is 12.4. The van der Waals surface area contributed by atoms with Crippen LogP contribution in [0.2, 0.25) is 0 Å². The van der Waals surface area contributed by atoms with Gasteiger partial charge >= 0.3 is 0 Å². The van der Waals surface area contributed by atoms with E-state index in [1.165, 1.54) is 26.4 Å². The number of aromatic nitrogens is 2. The summed E-state index contributed by atoms with van der Waals surface area (Å²) in [4.78, 5) is 0.121. The normalized spacial score (nSPS) is 11.5. The Hall–Kier alpha value is -2.06. The van der Waals surface area contributed by atoms with Crippen molar-refractivity contribution in [1.82, 2.24) is 14.5 Å². The van der Waals surface area contributed by atoms with Crippen LogP contribution in [-0.2, 0) is 23.1 Å². The molecule has 0 spiro atoms. The first-order chi connectivity index (χ1) is 10.9. The minimum atomic E-state index is -3.65. The summed E-state index contributed by atoms with van der Waals surface area (Å²) in [5.74, 6) is 0.844. The van der Waals surface area contributed by atoms with E-state index in [1.807, 2.05) is 18.5 Å². The Kier molecular flexibility index (Phi) is 5.27. The van der Waals surface area contributed by atoms with Crippen molar-refractivity contribution < 1.29 is 17.9 Å². The van der Waals surface area contributed by atoms with E-state index in [1.54, 1.807) is 12.3 Å². The van der Waals surface area contributed by atoms with Crippen molar-refractivity contribution >= 4 is 10.0 Å². The molecule has 0 aliphatic heterocycles. The Morgan fingerprint density at radius 3 is 2.48 bits per heavy atom. The van der Waals surface area contributed by atoms with Gasteiger partial charge < -0.3 is 9.47 Å². The Bertz CT molecular complexity index is 784. The molecular weight excluding hydrogens is 318 g/mol. The van der Waals surface area contributed by atoms with Gasteiger partial charge in [-0.25, -0.2) is 13.1 Å². The SMILES string of the molecule is CCn1ncc(CNS(=O)(=O)c2ccc(OC)c(OC)c2)c1C. The van der Waals surface area contributed by atoms with Crippen LogP contribution in [-0.4, -0.2) is 32.4 Å². The summed E-state index contributed by atoms with van der Waals surface area (Å²) in [6.07, 6.45) is 1.68. The van der Waals surface area contributed by atoms with Crippen LogP contribution < -0.4 is 14.2 Å². The molecule has 0 radical (unpaired) electrons. The number of sulfonamides is 1. The van der Waals surface area contributed by atoms with Crippen molar-refractivity contribution in [2.24, 2.45) is 0 Å². The number of benzene rings is 1. The van der Waals surface area contributed by atoms with Crippen LogP contribution in [0.4, 0.5) is 0 Å². The van der Waals surface area contributed by atoms with Gasteiger partial charge in [0.1, 0.15) is 0 Å². The number of hydrogen-bond acceptors (Lipinski definition) is 5. The fraction of sp³-hybridized carbons (Fsp3) is 0.400. The molecule has 0 bridgehead atoms. The molecule has 1 aromatic heterocycles. The van der Waals surface area contributed by atoms with E-state index in [9.17, 15) is 8.42 Å². The molecule has 0 aliphatic carbocycles. The molecule has 23 heavy (non-hydrogen) atoms. The summed E-state index contributed by atoms with van der Waals surface area (Å²) in [5.41, 5.74) is 1.79. The van der Waals surface area contributed by atoms with E-state index in [0.717, 1.165) is 17.8 Å². The summed E-state index contributed by atoms with van der Waals surface area (Å²) in [6, 6.07) is 4.48. The predicted molar refractivity (Wildman–Crippen MR) is 86.2 cm³/mol. The molecule has 0 atom stereocenters. The second kappa shape index (κ2) is 7.01. The third-order valence-corrected chi connectivity index (χ3v) is 5.02. The number of methoxy groups -OCH3 is 2. The predicted octanol–water partition coefficient (Wildman–Crippen LogP) is 1.71. The van der Waals surface area contributed by atoms with E-state index in [-0.39, 0.29) is 11.4 Å². The number of nitrogens with zero attached hydrogens (tertiary/aromatic N) is 2. The molecule has 8 heteroatoms. The van der Waals surface area contributed by atoms with Gasteiger partial charge in [-0.2, -0.15) is 5.10 Å². The zero-order valence-electron chi connectivity index (χ0n) is 13.7. The zero-order valence-corrected chi connectivity index (χ0v) is 14.5. The first kappa shape index (κ1) is 17.3. The summed E-state index contributed by atoms with van der Waals surface area (Å²) < 4.78 is 39.5. The highest BCUT2D eigenvalue weighted by atomic mass is 32.2. The number of hydrogen-bond donors (Lipinski definition) is 1. The van der Waals surface area contributed by atoms with E-state index in [4.69, 9.17) is 9.47 Å². The van der Waals surface area contributed by atoms with Crippen molar-refractivity contribution in [2.75, 3.05) is 14.2 Å². The van der Waals surface area contributed by atoms with Gasteiger partial charge in [-0.05, 0) is 26.0 Å². The highest BCUT2D eigenvalue weighted by Crippen LogP contribution is 2.29. The van der Waals surface area contributed by atoms with Gasteiger partial charge in [0.2, 0.25) is 10.0 Å². The molecule has 0 unspecified atom stereocenters. The van der Waals surface area contributed by atoms with E-state index < -0.39 is 10.0 Å². The lowest BCUT2D eigenvalue weighted by Gasteiger charge is -2.11. The van der Waals surface area contributed by atoms with Crippen molar-refractivity contribution in [3.05, 3.63) is 35.7 Å². The molecule has 1 N–H and O–H groups in total. The van der Waals surface area contributed by atoms with Crippen LogP contribution in [0.25, 0.3) is 0 Å². The quantitative estimate of drug-likeness (QED) is 0.830. The summed E-state index contributed by atoms with van der Waals surface area (Å²) in [5, 5.41) is 4.20. The summed E-state index contributed by atoms with van der Waals surface area (Å²) in [7, 11) is -0.692. The third kappa shape index (κ3) is 3.65. The second-order valence-electron chi connectivity index (χ2n) is 4.91. The Morgan fingerprint density at radius 1 is 1.22 bits per heavy atom. The fourth-order valence-electron chi connectivity index (χ4n) is 2.22. The molecule has 7 nitrogen and oxygen atoms in total. The van der Waals surface area contributed by atoms with Gasteiger partial charge in [0.05, 0.1) is 25.3 Å². The molecule has 1 aromatic carbocycles. The molecule has 0 amide bonds. The van der Waals surface area contributed by atoms with Crippen LogP contribution in [0, 0.1) is 6.92 Å². The van der Waals surface area contributed by atoms with Crippen molar-refractivity contribution in [2.45, 2.75) is 31.8 Å². The maximum Gasteiger partial charge on any atom is 0.241 e. The maximum absolute atomic E-state index is 12.4. The van der Waals surface area contributed by atoms with Gasteiger partial charge in [0.25, 0.3) is 0 Å². The Labute approximate surface area is 136 Å². The topological polar surface area (TPSA) is 82.5 Å². The standard InChI is InChI=1S/C15H21N3O4S/c1-5-18-11(2)12(9-16-18)10-17-23(19,20)13-6-7-14(21-3)15(8-13)22-4/h6-9,17H,5,10H2,1-4H3. The molecule has 0 aliphatic rings. The lowest BCUT2D eigenvalue weighted by Crippen LogP contribution is -2.23. The first-order valence-electron chi connectivity index (χ1n) is 7.16. The van der Waals surface area contributed by atoms with Gasteiger partial charge in [0, 0.05) is 30.4 Å². The highest BCUT2D eigenvalue weighted by molar-refractivity contribution is 7.89. The van der Waals surface area contributed by atoms with E-state index >= 15 is 0 Å². The van der Waals surface area contributed by atoms with Crippen LogP contribution in [0.3, 0.4) is 0 Å². The number of rotatable bonds is 7. The minimum absolute atomic E-state index is 0.121. The van der Waals surface area contributed by atoms with E-state index in [2.05, 4.69) is 9.82 Å². The fourth-order valence-corrected chi connectivity index (χ4v) is 3.24. The van der Waals surface area contributed by atoms with Crippen LogP contribution >= 0.6 is 0 Å². The first-order valence-corrected chi connectivity index (χ1v) is 8.64. The molecule has 0 fully saturated rings. The van der Waals surface area contributed by atoms with Crippen LogP contribution in [0.5, 0.6) is 11.5 Å².